The second-order valence-corrected chi connectivity index (χ2v) is 5.69. The number of aromatic nitrogens is 1. The number of amidine groups is 1. The number of rotatable bonds is 2. The molecule has 2 heterocycles. The number of hydrogen-bond acceptors (Lipinski definition) is 5. The van der Waals surface area contributed by atoms with Crippen molar-refractivity contribution in [1.29, 1.82) is 5.41 Å². The summed E-state index contributed by atoms with van der Waals surface area (Å²) in [6.45, 7) is 0. The van der Waals surface area contributed by atoms with Gasteiger partial charge in [-0.25, -0.2) is 9.88 Å². The van der Waals surface area contributed by atoms with Gasteiger partial charge in [-0.1, -0.05) is 30.3 Å². The van der Waals surface area contributed by atoms with Crippen LogP contribution in [0.2, 0.25) is 0 Å². The quantitative estimate of drug-likeness (QED) is 0.863. The molecule has 19 heavy (non-hydrogen) atoms. The highest BCUT2D eigenvalue weighted by Crippen LogP contribution is 2.35. The number of nitrogens with zero attached hydrogens (tertiary/aromatic N) is 2. The standard InChI is InChI=1S/C13H9N3OS2/c14-12-16(13-15-6-7-18-13)11(17)10(19-12)8-9-4-2-1-3-5-9/h1-8,14H/b10-8-,14-12?. The lowest BCUT2D eigenvalue weighted by molar-refractivity contribution is -0.113. The molecule has 4 nitrogen and oxygen atoms in total. The predicted octanol–water partition coefficient (Wildman–Crippen LogP) is 3.20. The number of amides is 1. The van der Waals surface area contributed by atoms with Crippen LogP contribution in [0.4, 0.5) is 5.13 Å². The Balaban J connectivity index is 1.93. The van der Waals surface area contributed by atoms with Crippen molar-refractivity contribution in [2.45, 2.75) is 0 Å². The molecule has 1 saturated heterocycles. The molecule has 1 aliphatic rings. The summed E-state index contributed by atoms with van der Waals surface area (Å²) in [6, 6.07) is 9.61. The van der Waals surface area contributed by atoms with Gasteiger partial charge in [-0.15, -0.1) is 11.3 Å². The fourth-order valence-corrected chi connectivity index (χ4v) is 3.23. The minimum atomic E-state index is -0.186. The number of anilines is 1. The highest BCUT2D eigenvalue weighted by Gasteiger charge is 2.34. The van der Waals surface area contributed by atoms with E-state index in [-0.39, 0.29) is 11.1 Å². The lowest BCUT2D eigenvalue weighted by Gasteiger charge is -2.08. The summed E-state index contributed by atoms with van der Waals surface area (Å²) in [5.74, 6) is -0.186. The van der Waals surface area contributed by atoms with Crippen molar-refractivity contribution in [3.63, 3.8) is 0 Å². The topological polar surface area (TPSA) is 57.1 Å². The monoisotopic (exact) mass is 287 g/mol. The number of benzene rings is 1. The third kappa shape index (κ3) is 2.32. The largest absolute Gasteiger partial charge is 0.278 e. The van der Waals surface area contributed by atoms with E-state index in [0.717, 1.165) is 17.3 Å². The Labute approximate surface area is 118 Å². The number of hydrogen-bond donors (Lipinski definition) is 1. The van der Waals surface area contributed by atoms with Gasteiger partial charge in [-0.3, -0.25) is 10.2 Å². The van der Waals surface area contributed by atoms with Crippen LogP contribution in [0, 0.1) is 5.41 Å². The van der Waals surface area contributed by atoms with Gasteiger partial charge in [0.2, 0.25) is 0 Å². The van der Waals surface area contributed by atoms with Gasteiger partial charge in [0.1, 0.15) is 0 Å². The smallest absolute Gasteiger partial charge is 0.273 e. The van der Waals surface area contributed by atoms with E-state index in [4.69, 9.17) is 5.41 Å². The van der Waals surface area contributed by atoms with E-state index < -0.39 is 0 Å². The van der Waals surface area contributed by atoms with Gasteiger partial charge < -0.3 is 0 Å². The van der Waals surface area contributed by atoms with E-state index in [1.165, 1.54) is 16.2 Å². The van der Waals surface area contributed by atoms with Gasteiger partial charge in [-0.2, -0.15) is 0 Å². The maximum atomic E-state index is 12.3. The van der Waals surface area contributed by atoms with Crippen LogP contribution in [0.5, 0.6) is 0 Å². The molecule has 1 aromatic heterocycles. The molecule has 0 bridgehead atoms. The molecule has 1 aromatic carbocycles. The van der Waals surface area contributed by atoms with E-state index in [2.05, 4.69) is 4.98 Å². The zero-order valence-corrected chi connectivity index (χ0v) is 11.4. The molecule has 94 valence electrons. The molecule has 1 amide bonds. The second kappa shape index (κ2) is 4.99. The van der Waals surface area contributed by atoms with E-state index in [1.54, 1.807) is 17.7 Å². The van der Waals surface area contributed by atoms with E-state index in [0.29, 0.717) is 10.0 Å². The van der Waals surface area contributed by atoms with Crippen molar-refractivity contribution < 1.29 is 4.79 Å². The molecule has 1 fully saturated rings. The van der Waals surface area contributed by atoms with Crippen LogP contribution in [-0.4, -0.2) is 16.1 Å². The van der Waals surface area contributed by atoms with Gasteiger partial charge in [-0.05, 0) is 23.4 Å². The van der Waals surface area contributed by atoms with E-state index in [9.17, 15) is 4.79 Å². The van der Waals surface area contributed by atoms with Gasteiger partial charge in [0, 0.05) is 11.6 Å². The van der Waals surface area contributed by atoms with Crippen LogP contribution < -0.4 is 4.90 Å². The molecule has 0 spiro atoms. The second-order valence-electron chi connectivity index (χ2n) is 3.78. The van der Waals surface area contributed by atoms with Crippen molar-refractivity contribution in [2.75, 3.05) is 4.90 Å². The molecular weight excluding hydrogens is 278 g/mol. The highest BCUT2D eigenvalue weighted by atomic mass is 32.2. The molecule has 0 aliphatic carbocycles. The minimum absolute atomic E-state index is 0.186. The first kappa shape index (κ1) is 12.1. The van der Waals surface area contributed by atoms with Gasteiger partial charge in [0.25, 0.3) is 5.91 Å². The number of thiazole rings is 1. The summed E-state index contributed by atoms with van der Waals surface area (Å²) in [5.41, 5.74) is 0.951. The highest BCUT2D eigenvalue weighted by molar-refractivity contribution is 8.19. The maximum absolute atomic E-state index is 12.3. The van der Waals surface area contributed by atoms with Crippen molar-refractivity contribution in [3.05, 3.63) is 52.4 Å². The summed E-state index contributed by atoms with van der Waals surface area (Å²) in [7, 11) is 0. The number of nitrogens with one attached hydrogen (secondary N) is 1. The third-order valence-electron chi connectivity index (χ3n) is 2.53. The van der Waals surface area contributed by atoms with Gasteiger partial charge >= 0.3 is 0 Å². The van der Waals surface area contributed by atoms with E-state index in [1.807, 2.05) is 30.3 Å². The molecule has 0 radical (unpaired) electrons. The Hall–Kier alpha value is -1.92. The SMILES string of the molecule is N=C1S/C(=C\c2ccccc2)C(=O)N1c1nccs1. The van der Waals surface area contributed by atoms with Crippen molar-refractivity contribution in [1.82, 2.24) is 4.98 Å². The Bertz CT molecular complexity index is 650. The summed E-state index contributed by atoms with van der Waals surface area (Å²) in [6.07, 6.45) is 3.43. The van der Waals surface area contributed by atoms with Crippen LogP contribution in [0.15, 0.2) is 46.8 Å². The minimum Gasteiger partial charge on any atom is -0.278 e. The first-order valence-corrected chi connectivity index (χ1v) is 7.22. The number of carbonyl (C=O) groups excluding carboxylic acids is 1. The summed E-state index contributed by atoms with van der Waals surface area (Å²) < 4.78 is 0. The van der Waals surface area contributed by atoms with Crippen molar-refractivity contribution >= 4 is 45.4 Å². The first-order valence-electron chi connectivity index (χ1n) is 5.53. The fraction of sp³-hybridized carbons (Fsp3) is 0. The van der Waals surface area contributed by atoms with Crippen LogP contribution >= 0.6 is 23.1 Å². The number of thioether (sulfide) groups is 1. The molecule has 6 heteroatoms. The summed E-state index contributed by atoms with van der Waals surface area (Å²) >= 11 is 2.51. The zero-order valence-electron chi connectivity index (χ0n) is 9.74. The molecule has 0 unspecified atom stereocenters. The first-order chi connectivity index (χ1) is 9.25. The lowest BCUT2D eigenvalue weighted by Crippen LogP contribution is -2.27. The third-order valence-corrected chi connectivity index (χ3v) is 4.18. The fourth-order valence-electron chi connectivity index (χ4n) is 1.69. The predicted molar refractivity (Wildman–Crippen MR) is 79.3 cm³/mol. The maximum Gasteiger partial charge on any atom is 0.273 e. The average molecular weight is 287 g/mol. The molecule has 0 saturated carbocycles. The Morgan fingerprint density at radius 2 is 2.05 bits per heavy atom. The Morgan fingerprint density at radius 3 is 2.74 bits per heavy atom. The normalized spacial score (nSPS) is 17.5. The lowest BCUT2D eigenvalue weighted by atomic mass is 10.2. The Morgan fingerprint density at radius 1 is 1.26 bits per heavy atom. The molecule has 2 aromatic rings. The summed E-state index contributed by atoms with van der Waals surface area (Å²) in [4.78, 5) is 18.2. The number of carbonyl (C=O) groups is 1. The molecular formula is C13H9N3OS2. The Kier molecular flexibility index (Phi) is 3.18. The van der Waals surface area contributed by atoms with Crippen LogP contribution in [-0.2, 0) is 4.79 Å². The molecule has 1 N–H and O–H groups in total. The van der Waals surface area contributed by atoms with Crippen LogP contribution in [0.25, 0.3) is 6.08 Å². The molecule has 3 rings (SSSR count). The zero-order chi connectivity index (χ0) is 13.2. The molecule has 1 aliphatic heterocycles. The van der Waals surface area contributed by atoms with Crippen LogP contribution in [0.3, 0.4) is 0 Å². The molecule has 0 atom stereocenters. The van der Waals surface area contributed by atoms with Gasteiger partial charge in [0.05, 0.1) is 4.91 Å². The average Bonchev–Trinajstić information content (AvgIpc) is 3.01. The van der Waals surface area contributed by atoms with Crippen molar-refractivity contribution in [3.8, 4) is 0 Å². The summed E-state index contributed by atoms with van der Waals surface area (Å²) in [5, 5.41) is 10.4. The van der Waals surface area contributed by atoms with E-state index >= 15 is 0 Å². The van der Waals surface area contributed by atoms with Gasteiger partial charge in [0.15, 0.2) is 10.3 Å². The van der Waals surface area contributed by atoms with Crippen molar-refractivity contribution in [2.24, 2.45) is 0 Å². The van der Waals surface area contributed by atoms with Crippen LogP contribution in [0.1, 0.15) is 5.56 Å².